The van der Waals surface area contributed by atoms with Crippen LogP contribution in [0, 0.1) is 13.8 Å². The summed E-state index contributed by atoms with van der Waals surface area (Å²) < 4.78 is 0. The van der Waals surface area contributed by atoms with Crippen molar-refractivity contribution >= 4 is 6.08 Å². The first-order chi connectivity index (χ1) is 9.19. The molecule has 2 aromatic carbocycles. The van der Waals surface area contributed by atoms with Gasteiger partial charge in [0.15, 0.2) is 0 Å². The lowest BCUT2D eigenvalue weighted by Gasteiger charge is -2.11. The molecule has 0 heterocycles. The van der Waals surface area contributed by atoms with Gasteiger partial charge in [0.25, 0.3) is 0 Å². The number of hydrogen-bond donors (Lipinski definition) is 0. The van der Waals surface area contributed by atoms with Gasteiger partial charge in [-0.3, -0.25) is 0 Å². The summed E-state index contributed by atoms with van der Waals surface area (Å²) in [6.45, 7) is 6.61. The van der Waals surface area contributed by atoms with Crippen LogP contribution in [0.5, 0.6) is 0 Å². The highest BCUT2D eigenvalue weighted by molar-refractivity contribution is 5.82. The molecule has 2 aromatic rings. The minimum Gasteiger partial charge on any atom is -0.0655 e. The van der Waals surface area contributed by atoms with Gasteiger partial charge < -0.3 is 0 Å². The summed E-state index contributed by atoms with van der Waals surface area (Å²) in [5.74, 6) is 0. The Morgan fingerprint density at radius 3 is 2.58 bits per heavy atom. The van der Waals surface area contributed by atoms with E-state index in [1.807, 2.05) is 0 Å². The Hall–Kier alpha value is -1.82. The van der Waals surface area contributed by atoms with E-state index in [2.05, 4.69) is 63.2 Å². The molecule has 19 heavy (non-hydrogen) atoms. The van der Waals surface area contributed by atoms with Crippen LogP contribution in [0.3, 0.4) is 0 Å². The Kier molecular flexibility index (Phi) is 3.02. The van der Waals surface area contributed by atoms with Crippen LogP contribution >= 0.6 is 0 Å². The minimum atomic E-state index is 1.13. The molecule has 0 N–H and O–H groups in total. The monoisotopic (exact) mass is 248 g/mol. The number of hydrogen-bond acceptors (Lipinski definition) is 0. The van der Waals surface area contributed by atoms with Crippen molar-refractivity contribution in [2.24, 2.45) is 0 Å². The smallest absolute Gasteiger partial charge is 0.00577 e. The summed E-state index contributed by atoms with van der Waals surface area (Å²) in [6.07, 6.45) is 4.68. The van der Waals surface area contributed by atoms with Gasteiger partial charge in [-0.05, 0) is 54.5 Å². The van der Waals surface area contributed by atoms with Gasteiger partial charge in [0.1, 0.15) is 0 Å². The largest absolute Gasteiger partial charge is 0.0655 e. The molecule has 96 valence electrons. The van der Waals surface area contributed by atoms with E-state index in [0.717, 1.165) is 12.8 Å². The highest BCUT2D eigenvalue weighted by atomic mass is 14.2. The van der Waals surface area contributed by atoms with Gasteiger partial charge in [0.2, 0.25) is 0 Å². The first-order valence-electron chi connectivity index (χ1n) is 7.08. The van der Waals surface area contributed by atoms with Crippen LogP contribution in [0.15, 0.2) is 42.0 Å². The molecule has 0 spiro atoms. The summed E-state index contributed by atoms with van der Waals surface area (Å²) in [7, 11) is 0. The topological polar surface area (TPSA) is 0 Å². The summed E-state index contributed by atoms with van der Waals surface area (Å²) in [5.41, 5.74) is 9.92. The quantitative estimate of drug-likeness (QED) is 0.674. The molecule has 0 aromatic heterocycles. The molecule has 0 heteroatoms. The zero-order valence-electron chi connectivity index (χ0n) is 12.0. The maximum absolute atomic E-state index is 2.39. The van der Waals surface area contributed by atoms with Crippen LogP contribution < -0.4 is 0 Å². The molecule has 0 radical (unpaired) electrons. The second-order valence-electron chi connectivity index (χ2n) is 5.53. The van der Waals surface area contributed by atoms with E-state index in [1.54, 1.807) is 5.57 Å². The van der Waals surface area contributed by atoms with Crippen molar-refractivity contribution in [2.75, 3.05) is 0 Å². The van der Waals surface area contributed by atoms with Gasteiger partial charge in [0, 0.05) is 0 Å². The number of aryl methyl sites for hydroxylation is 2. The number of rotatable bonds is 2. The van der Waals surface area contributed by atoms with E-state index < -0.39 is 0 Å². The lowest BCUT2D eigenvalue weighted by atomic mass is 9.93. The minimum absolute atomic E-state index is 1.13. The fraction of sp³-hybridized carbons (Fsp3) is 0.263. The predicted octanol–water partition coefficient (Wildman–Crippen LogP) is 5.32. The Labute approximate surface area is 115 Å². The van der Waals surface area contributed by atoms with Crippen LogP contribution in [0.4, 0.5) is 0 Å². The Balaban J connectivity index is 2.17. The standard InChI is InChI=1S/C19H20/c1-4-15-11-16-6-5-7-18(19(16)12-15)17-9-8-13(2)10-14(17)3/h5-10,12H,4,11H2,1-3H3. The third-order valence-corrected chi connectivity index (χ3v) is 4.09. The summed E-state index contributed by atoms with van der Waals surface area (Å²) in [5, 5.41) is 0. The van der Waals surface area contributed by atoms with Crippen LogP contribution in [-0.2, 0) is 6.42 Å². The van der Waals surface area contributed by atoms with E-state index >= 15 is 0 Å². The molecule has 0 saturated carbocycles. The maximum Gasteiger partial charge on any atom is -0.00577 e. The number of fused-ring (bicyclic) bond motifs is 1. The first-order valence-corrected chi connectivity index (χ1v) is 7.08. The average molecular weight is 248 g/mol. The lowest BCUT2D eigenvalue weighted by Crippen LogP contribution is -1.90. The molecule has 0 nitrogen and oxygen atoms in total. The van der Waals surface area contributed by atoms with Gasteiger partial charge in [0.05, 0.1) is 0 Å². The molecule has 3 rings (SSSR count). The lowest BCUT2D eigenvalue weighted by molar-refractivity contribution is 1.04. The van der Waals surface area contributed by atoms with Crippen LogP contribution in [0.1, 0.15) is 35.6 Å². The molecule has 0 amide bonds. The molecule has 0 atom stereocenters. The molecular formula is C19H20. The Bertz CT molecular complexity index is 660. The zero-order valence-corrected chi connectivity index (χ0v) is 12.0. The summed E-state index contributed by atoms with van der Waals surface area (Å²) in [6, 6.07) is 13.5. The zero-order chi connectivity index (χ0) is 13.4. The SMILES string of the molecule is CCC1=Cc2c(cccc2-c2ccc(C)cc2C)C1. The second kappa shape index (κ2) is 4.70. The highest BCUT2D eigenvalue weighted by Crippen LogP contribution is 2.36. The normalized spacial score (nSPS) is 13.3. The summed E-state index contributed by atoms with van der Waals surface area (Å²) in [4.78, 5) is 0. The van der Waals surface area contributed by atoms with Gasteiger partial charge in [-0.15, -0.1) is 0 Å². The molecule has 0 fully saturated rings. The van der Waals surface area contributed by atoms with Crippen molar-refractivity contribution in [2.45, 2.75) is 33.6 Å². The maximum atomic E-state index is 2.39. The average Bonchev–Trinajstić information content (AvgIpc) is 2.82. The summed E-state index contributed by atoms with van der Waals surface area (Å²) >= 11 is 0. The van der Waals surface area contributed by atoms with Crippen molar-refractivity contribution in [3.63, 3.8) is 0 Å². The number of benzene rings is 2. The van der Waals surface area contributed by atoms with Gasteiger partial charge in [-0.25, -0.2) is 0 Å². The van der Waals surface area contributed by atoms with Crippen molar-refractivity contribution < 1.29 is 0 Å². The molecule has 0 bridgehead atoms. The fourth-order valence-electron chi connectivity index (χ4n) is 3.02. The molecule has 0 aliphatic heterocycles. The third-order valence-electron chi connectivity index (χ3n) is 4.09. The van der Waals surface area contributed by atoms with E-state index in [1.165, 1.54) is 33.4 Å². The molecule has 1 aliphatic carbocycles. The van der Waals surface area contributed by atoms with Gasteiger partial charge in [-0.1, -0.05) is 60.5 Å². The van der Waals surface area contributed by atoms with Crippen molar-refractivity contribution in [3.8, 4) is 11.1 Å². The van der Waals surface area contributed by atoms with Crippen molar-refractivity contribution in [1.29, 1.82) is 0 Å². The van der Waals surface area contributed by atoms with Crippen LogP contribution in [-0.4, -0.2) is 0 Å². The van der Waals surface area contributed by atoms with E-state index in [4.69, 9.17) is 0 Å². The van der Waals surface area contributed by atoms with E-state index in [0.29, 0.717) is 0 Å². The van der Waals surface area contributed by atoms with Gasteiger partial charge >= 0.3 is 0 Å². The fourth-order valence-corrected chi connectivity index (χ4v) is 3.02. The van der Waals surface area contributed by atoms with E-state index in [-0.39, 0.29) is 0 Å². The number of allylic oxidation sites excluding steroid dienone is 1. The first kappa shape index (κ1) is 12.2. The second-order valence-corrected chi connectivity index (χ2v) is 5.53. The highest BCUT2D eigenvalue weighted by Gasteiger charge is 2.16. The predicted molar refractivity (Wildman–Crippen MR) is 83.3 cm³/mol. The van der Waals surface area contributed by atoms with E-state index in [9.17, 15) is 0 Å². The molecule has 0 unspecified atom stereocenters. The Morgan fingerprint density at radius 1 is 1.00 bits per heavy atom. The van der Waals surface area contributed by atoms with Crippen molar-refractivity contribution in [3.05, 3.63) is 64.2 Å². The molecule has 1 aliphatic rings. The van der Waals surface area contributed by atoms with Gasteiger partial charge in [-0.2, -0.15) is 0 Å². The molecular weight excluding hydrogens is 228 g/mol. The van der Waals surface area contributed by atoms with Crippen LogP contribution in [0.25, 0.3) is 17.2 Å². The Morgan fingerprint density at radius 2 is 1.84 bits per heavy atom. The molecule has 0 saturated heterocycles. The third kappa shape index (κ3) is 2.12. The van der Waals surface area contributed by atoms with Crippen LogP contribution in [0.2, 0.25) is 0 Å². The van der Waals surface area contributed by atoms with Crippen molar-refractivity contribution in [1.82, 2.24) is 0 Å².